The molecule has 0 saturated heterocycles. The summed E-state index contributed by atoms with van der Waals surface area (Å²) in [5.74, 6) is 0.167. The van der Waals surface area contributed by atoms with Crippen LogP contribution in [-0.2, 0) is 9.59 Å². The number of nitrogens with zero attached hydrogens (tertiary/aromatic N) is 2. The molecule has 6 aliphatic rings. The summed E-state index contributed by atoms with van der Waals surface area (Å²) in [6.07, 6.45) is 0. The lowest BCUT2D eigenvalue weighted by Gasteiger charge is -3.16. The Morgan fingerprint density at radius 1 is 0.706 bits per heavy atom. The quantitative estimate of drug-likeness (QED) is 0.275. The monoisotopic (exact) mass is 462 g/mol. The van der Waals surface area contributed by atoms with Crippen molar-refractivity contribution in [2.75, 3.05) is 0 Å². The fraction of sp³-hybridized carbons (Fsp3) is 0.417. The third-order valence-electron chi connectivity index (χ3n) is 10.4. The second-order valence-electron chi connectivity index (χ2n) is 10.4. The van der Waals surface area contributed by atoms with E-state index in [4.69, 9.17) is 9.47 Å². The van der Waals surface area contributed by atoms with Crippen LogP contribution in [0, 0.1) is 65.6 Å². The molecule has 0 heterocycles. The summed E-state index contributed by atoms with van der Waals surface area (Å²) in [6.45, 7) is 4.10. The Bertz CT molecular complexity index is 1270. The second kappa shape index (κ2) is 5.29. The SMILES string of the molecule is C[C@]12[C@@H]3[C@H]4[C@@H]5[C@H]([C@@]41C(=O)Oc1ccc([N+](=O)[O-])cc1)[C@@]2(C)[C@]53C(=O)Oc1ccc([N+](=O)[O-])cc1. The zero-order valence-electron chi connectivity index (χ0n) is 18.1. The highest BCUT2D eigenvalue weighted by atomic mass is 16.6. The number of carbonyl (C=O) groups excluding carboxylic acids is 2. The first kappa shape index (κ1) is 19.6. The van der Waals surface area contributed by atoms with E-state index >= 15 is 0 Å². The highest BCUT2D eigenvalue weighted by molar-refractivity contribution is 6.00. The topological polar surface area (TPSA) is 139 Å². The molecular formula is C24H18N2O8. The molecule has 0 aromatic heterocycles. The first-order chi connectivity index (χ1) is 16.1. The van der Waals surface area contributed by atoms with Crippen molar-refractivity contribution in [3.8, 4) is 11.5 Å². The molecule has 34 heavy (non-hydrogen) atoms. The Hall–Kier alpha value is -3.82. The van der Waals surface area contributed by atoms with Crippen molar-refractivity contribution in [3.05, 3.63) is 68.8 Å². The molecule has 10 heteroatoms. The summed E-state index contributed by atoms with van der Waals surface area (Å²) >= 11 is 0. The summed E-state index contributed by atoms with van der Waals surface area (Å²) in [6, 6.07) is 10.9. The number of benzene rings is 2. The van der Waals surface area contributed by atoms with Gasteiger partial charge in [-0.15, -0.1) is 0 Å². The summed E-state index contributed by atoms with van der Waals surface area (Å²) < 4.78 is 11.3. The van der Waals surface area contributed by atoms with Crippen LogP contribution in [0.25, 0.3) is 0 Å². The Kier molecular flexibility index (Phi) is 3.05. The smallest absolute Gasteiger partial charge is 0.318 e. The molecule has 2 aromatic rings. The number of carbonyl (C=O) groups is 2. The fourth-order valence-corrected chi connectivity index (χ4v) is 9.50. The molecule has 0 amide bonds. The van der Waals surface area contributed by atoms with Crippen LogP contribution in [-0.4, -0.2) is 21.8 Å². The molecule has 0 bridgehead atoms. The van der Waals surface area contributed by atoms with Crippen molar-refractivity contribution in [1.29, 1.82) is 0 Å². The van der Waals surface area contributed by atoms with Gasteiger partial charge < -0.3 is 9.47 Å². The zero-order chi connectivity index (χ0) is 24.0. The standard InChI is InChI=1S/C24H18N2O8/c1-21-17-15-16-18(23(15,21)19(27)33-13-7-3-11(4-8-13)25(29)30)22(21,2)24(16,17)20(28)34-14-9-5-12(6-10-14)26(31)32/h3-10,15-18H,1-2H3/t15-,16-,17+,18+,21-,22-,23-,24-/m1/s1. The third kappa shape index (κ3) is 1.47. The van der Waals surface area contributed by atoms with Gasteiger partial charge in [-0.2, -0.15) is 0 Å². The molecule has 8 rings (SSSR count). The van der Waals surface area contributed by atoms with Crippen LogP contribution >= 0.6 is 0 Å². The van der Waals surface area contributed by atoms with Crippen LogP contribution in [0.1, 0.15) is 13.8 Å². The Morgan fingerprint density at radius 2 is 1.03 bits per heavy atom. The number of hydrogen-bond acceptors (Lipinski definition) is 8. The fourth-order valence-electron chi connectivity index (χ4n) is 9.50. The number of nitro benzene ring substituents is 2. The molecule has 0 aliphatic heterocycles. The van der Waals surface area contributed by atoms with Gasteiger partial charge in [-0.3, -0.25) is 29.8 Å². The minimum Gasteiger partial charge on any atom is -0.426 e. The molecule has 6 aliphatic carbocycles. The van der Waals surface area contributed by atoms with Crippen LogP contribution in [0.3, 0.4) is 0 Å². The molecule has 0 N–H and O–H groups in total. The highest BCUT2D eigenvalue weighted by Gasteiger charge is 3.21. The average Bonchev–Trinajstić information content (AvgIpc) is 2.79. The van der Waals surface area contributed by atoms with E-state index in [0.29, 0.717) is 0 Å². The molecule has 6 saturated carbocycles. The second-order valence-corrected chi connectivity index (χ2v) is 10.4. The van der Waals surface area contributed by atoms with Gasteiger partial charge in [0.05, 0.1) is 20.7 Å². The van der Waals surface area contributed by atoms with E-state index < -0.39 is 20.7 Å². The van der Waals surface area contributed by atoms with Gasteiger partial charge >= 0.3 is 11.9 Å². The number of ether oxygens (including phenoxy) is 2. The van der Waals surface area contributed by atoms with Gasteiger partial charge in [-0.05, 0) is 58.8 Å². The van der Waals surface area contributed by atoms with Gasteiger partial charge in [0.2, 0.25) is 0 Å². The number of nitro groups is 2. The molecule has 6 fully saturated rings. The number of rotatable bonds is 6. The minimum absolute atomic E-state index is 0.0509. The molecule has 0 spiro atoms. The lowest BCUT2D eigenvalue weighted by Crippen LogP contribution is -3.19. The normalized spacial score (nSPS) is 42.4. The van der Waals surface area contributed by atoms with E-state index in [1.807, 2.05) is 0 Å². The predicted octanol–water partition coefficient (Wildman–Crippen LogP) is 3.53. The summed E-state index contributed by atoms with van der Waals surface area (Å²) in [4.78, 5) is 47.2. The van der Waals surface area contributed by atoms with Crippen LogP contribution in [0.2, 0.25) is 0 Å². The van der Waals surface area contributed by atoms with Crippen LogP contribution in [0.5, 0.6) is 11.5 Å². The van der Waals surface area contributed by atoms with Gasteiger partial charge in [0.25, 0.3) is 11.4 Å². The summed E-state index contributed by atoms with van der Waals surface area (Å²) in [7, 11) is 0. The van der Waals surface area contributed by atoms with Crippen LogP contribution in [0.15, 0.2) is 48.5 Å². The van der Waals surface area contributed by atoms with E-state index in [-0.39, 0.29) is 69.3 Å². The van der Waals surface area contributed by atoms with Crippen molar-refractivity contribution in [3.63, 3.8) is 0 Å². The maximum Gasteiger partial charge on any atom is 0.318 e. The first-order valence-electron chi connectivity index (χ1n) is 11.0. The Balaban J connectivity index is 1.10. The number of non-ortho nitro benzene ring substituents is 2. The molecule has 10 nitrogen and oxygen atoms in total. The van der Waals surface area contributed by atoms with E-state index in [0.717, 1.165) is 0 Å². The van der Waals surface area contributed by atoms with Crippen molar-refractivity contribution in [1.82, 2.24) is 0 Å². The van der Waals surface area contributed by atoms with Gasteiger partial charge in [0.15, 0.2) is 0 Å². The van der Waals surface area contributed by atoms with Crippen molar-refractivity contribution in [2.24, 2.45) is 45.3 Å². The number of esters is 2. The van der Waals surface area contributed by atoms with E-state index in [9.17, 15) is 29.8 Å². The molecule has 8 atom stereocenters. The van der Waals surface area contributed by atoms with E-state index in [2.05, 4.69) is 13.8 Å². The molecule has 0 radical (unpaired) electrons. The Morgan fingerprint density at radius 3 is 1.29 bits per heavy atom. The van der Waals surface area contributed by atoms with Gasteiger partial charge in [0.1, 0.15) is 11.5 Å². The molecule has 2 aromatic carbocycles. The zero-order valence-corrected chi connectivity index (χ0v) is 18.1. The van der Waals surface area contributed by atoms with Gasteiger partial charge in [0, 0.05) is 24.3 Å². The summed E-state index contributed by atoms with van der Waals surface area (Å²) in [5, 5.41) is 21.7. The Labute approximate surface area is 192 Å². The minimum atomic E-state index is -0.603. The van der Waals surface area contributed by atoms with Crippen LogP contribution in [0.4, 0.5) is 11.4 Å². The van der Waals surface area contributed by atoms with Gasteiger partial charge in [-0.25, -0.2) is 0 Å². The first-order valence-corrected chi connectivity index (χ1v) is 11.0. The maximum absolute atomic E-state index is 13.3. The van der Waals surface area contributed by atoms with Crippen molar-refractivity contribution < 1.29 is 28.9 Å². The predicted molar refractivity (Wildman–Crippen MR) is 113 cm³/mol. The van der Waals surface area contributed by atoms with E-state index in [1.165, 1.54) is 48.5 Å². The highest BCUT2D eigenvalue weighted by Crippen LogP contribution is 3.18. The average molecular weight is 462 g/mol. The van der Waals surface area contributed by atoms with Crippen LogP contribution < -0.4 is 9.47 Å². The lowest BCUT2D eigenvalue weighted by atomic mass is 8.84. The molecule has 0 unspecified atom stereocenters. The van der Waals surface area contributed by atoms with Crippen molar-refractivity contribution in [2.45, 2.75) is 13.8 Å². The lowest BCUT2D eigenvalue weighted by molar-refractivity contribution is -0.707. The molecule has 172 valence electrons. The maximum atomic E-state index is 13.3. The number of hydrogen-bond donors (Lipinski definition) is 0. The van der Waals surface area contributed by atoms with Gasteiger partial charge in [-0.1, -0.05) is 13.8 Å². The van der Waals surface area contributed by atoms with Crippen molar-refractivity contribution >= 4 is 23.3 Å². The largest absolute Gasteiger partial charge is 0.426 e. The molecular weight excluding hydrogens is 444 g/mol. The van der Waals surface area contributed by atoms with E-state index in [1.54, 1.807) is 0 Å². The third-order valence-corrected chi connectivity index (χ3v) is 10.4. The summed E-state index contributed by atoms with van der Waals surface area (Å²) in [5.41, 5.74) is -2.07.